The van der Waals surface area contributed by atoms with Crippen molar-refractivity contribution in [3.8, 4) is 0 Å². The molecule has 2 fully saturated rings. The maximum atomic E-state index is 12.2. The van der Waals surface area contributed by atoms with Gasteiger partial charge in [-0.3, -0.25) is 4.79 Å². The second kappa shape index (κ2) is 5.02. The number of aliphatic carboxylic acids is 1. The zero-order valence-electron chi connectivity index (χ0n) is 12.0. The second-order valence-electron chi connectivity index (χ2n) is 6.41. The van der Waals surface area contributed by atoms with Crippen LogP contribution in [0.5, 0.6) is 0 Å². The maximum Gasteiger partial charge on any atom is 0.317 e. The Kier molecular flexibility index (Phi) is 3.74. The molecule has 0 radical (unpaired) electrons. The molecular formula is C14H24N2O3. The van der Waals surface area contributed by atoms with Crippen LogP contribution in [0.4, 0.5) is 4.79 Å². The summed E-state index contributed by atoms with van der Waals surface area (Å²) in [6, 6.07) is -0.00931. The predicted octanol–water partition coefficient (Wildman–Crippen LogP) is 1.93. The topological polar surface area (TPSA) is 69.6 Å². The summed E-state index contributed by atoms with van der Waals surface area (Å²) in [7, 11) is 0. The van der Waals surface area contributed by atoms with Gasteiger partial charge in [0, 0.05) is 19.1 Å². The van der Waals surface area contributed by atoms with Gasteiger partial charge in [0.2, 0.25) is 0 Å². The van der Waals surface area contributed by atoms with Crippen LogP contribution in [0.25, 0.3) is 0 Å². The van der Waals surface area contributed by atoms with Crippen molar-refractivity contribution in [3.63, 3.8) is 0 Å². The van der Waals surface area contributed by atoms with E-state index in [1.165, 1.54) is 0 Å². The molecule has 0 aromatic carbocycles. The molecule has 2 rings (SSSR count). The summed E-state index contributed by atoms with van der Waals surface area (Å²) in [4.78, 5) is 25.4. The summed E-state index contributed by atoms with van der Waals surface area (Å²) in [5.41, 5.74) is -0.682. The molecule has 1 aliphatic heterocycles. The van der Waals surface area contributed by atoms with Gasteiger partial charge in [-0.25, -0.2) is 4.79 Å². The van der Waals surface area contributed by atoms with E-state index in [0.29, 0.717) is 25.4 Å². The molecule has 2 amide bonds. The molecule has 2 N–H and O–H groups in total. The number of amides is 2. The average Bonchev–Trinajstić information content (AvgIpc) is 2.85. The van der Waals surface area contributed by atoms with Gasteiger partial charge < -0.3 is 15.3 Å². The largest absolute Gasteiger partial charge is 0.481 e. The number of rotatable bonds is 3. The Balaban J connectivity index is 2.02. The number of likely N-dealkylation sites (tertiary alicyclic amines) is 1. The molecule has 1 aliphatic carbocycles. The summed E-state index contributed by atoms with van der Waals surface area (Å²) >= 11 is 0. The van der Waals surface area contributed by atoms with Crippen LogP contribution in [0.1, 0.15) is 40.0 Å². The fourth-order valence-corrected chi connectivity index (χ4v) is 3.25. The highest BCUT2D eigenvalue weighted by molar-refractivity contribution is 5.80. The third-order valence-corrected chi connectivity index (χ3v) is 4.94. The van der Waals surface area contributed by atoms with E-state index >= 15 is 0 Å². The molecule has 0 bridgehead atoms. The summed E-state index contributed by atoms with van der Waals surface area (Å²) in [5, 5.41) is 12.4. The number of carboxylic acids is 1. The number of carbonyl (C=O) groups excluding carboxylic acids is 1. The molecule has 3 atom stereocenters. The smallest absolute Gasteiger partial charge is 0.317 e. The van der Waals surface area contributed by atoms with E-state index < -0.39 is 11.4 Å². The van der Waals surface area contributed by atoms with Crippen molar-refractivity contribution in [1.29, 1.82) is 0 Å². The normalized spacial score (nSPS) is 31.4. The van der Waals surface area contributed by atoms with Crippen molar-refractivity contribution in [2.75, 3.05) is 13.1 Å². The number of nitrogens with one attached hydrogen (secondary N) is 1. The van der Waals surface area contributed by atoms with Crippen LogP contribution in [0.3, 0.4) is 0 Å². The van der Waals surface area contributed by atoms with Gasteiger partial charge in [-0.05, 0) is 31.6 Å². The van der Waals surface area contributed by atoms with E-state index in [0.717, 1.165) is 12.8 Å². The van der Waals surface area contributed by atoms with E-state index in [1.54, 1.807) is 4.90 Å². The Morgan fingerprint density at radius 1 is 1.37 bits per heavy atom. The summed E-state index contributed by atoms with van der Waals surface area (Å²) in [6.45, 7) is 7.05. The van der Waals surface area contributed by atoms with Gasteiger partial charge in [0.05, 0.1) is 5.41 Å². The van der Waals surface area contributed by atoms with Crippen LogP contribution < -0.4 is 5.32 Å². The number of urea groups is 1. The van der Waals surface area contributed by atoms with Crippen molar-refractivity contribution in [2.24, 2.45) is 17.3 Å². The van der Waals surface area contributed by atoms with Crippen LogP contribution in [0, 0.1) is 17.3 Å². The summed E-state index contributed by atoms with van der Waals surface area (Å²) < 4.78 is 0. The van der Waals surface area contributed by atoms with E-state index in [-0.39, 0.29) is 18.0 Å². The van der Waals surface area contributed by atoms with Gasteiger partial charge in [-0.15, -0.1) is 0 Å². The molecule has 0 spiro atoms. The lowest BCUT2D eigenvalue weighted by Gasteiger charge is -2.25. The number of hydrogen-bond acceptors (Lipinski definition) is 2. The minimum absolute atomic E-state index is 0.105. The van der Waals surface area contributed by atoms with E-state index in [4.69, 9.17) is 0 Å². The Morgan fingerprint density at radius 3 is 2.58 bits per heavy atom. The lowest BCUT2D eigenvalue weighted by Crippen LogP contribution is -2.46. The molecule has 5 heteroatoms. The van der Waals surface area contributed by atoms with Crippen molar-refractivity contribution < 1.29 is 14.7 Å². The lowest BCUT2D eigenvalue weighted by atomic mass is 9.81. The van der Waals surface area contributed by atoms with Crippen molar-refractivity contribution in [2.45, 2.75) is 46.1 Å². The minimum Gasteiger partial charge on any atom is -0.481 e. The van der Waals surface area contributed by atoms with Gasteiger partial charge in [0.1, 0.15) is 0 Å². The van der Waals surface area contributed by atoms with Crippen LogP contribution in [0.15, 0.2) is 0 Å². The lowest BCUT2D eigenvalue weighted by molar-refractivity contribution is -0.149. The maximum absolute atomic E-state index is 12.2. The highest BCUT2D eigenvalue weighted by Gasteiger charge is 2.55. The quantitative estimate of drug-likeness (QED) is 0.821. The van der Waals surface area contributed by atoms with Crippen LogP contribution >= 0.6 is 0 Å². The first kappa shape index (κ1) is 14.2. The average molecular weight is 268 g/mol. The molecule has 2 aliphatic rings. The van der Waals surface area contributed by atoms with E-state index in [2.05, 4.69) is 19.2 Å². The van der Waals surface area contributed by atoms with Crippen LogP contribution in [-0.2, 0) is 4.79 Å². The molecule has 0 aromatic heterocycles. The van der Waals surface area contributed by atoms with Crippen LogP contribution in [0.2, 0.25) is 0 Å². The fourth-order valence-electron chi connectivity index (χ4n) is 3.25. The van der Waals surface area contributed by atoms with E-state index in [9.17, 15) is 14.7 Å². The molecular weight excluding hydrogens is 244 g/mol. The number of carbonyl (C=O) groups is 2. The minimum atomic E-state index is -0.734. The first-order valence-electron chi connectivity index (χ1n) is 7.15. The molecule has 1 heterocycles. The van der Waals surface area contributed by atoms with Crippen molar-refractivity contribution in [3.05, 3.63) is 0 Å². The zero-order valence-corrected chi connectivity index (χ0v) is 12.0. The number of hydrogen-bond donors (Lipinski definition) is 2. The third-order valence-electron chi connectivity index (χ3n) is 4.94. The van der Waals surface area contributed by atoms with Crippen molar-refractivity contribution >= 4 is 12.0 Å². The van der Waals surface area contributed by atoms with Gasteiger partial charge in [-0.2, -0.15) is 0 Å². The SMILES string of the molecule is CC(C)C(C)NC(=O)N1C[C@@H]2CCC[C@@]2(C(=O)O)C1. The standard InChI is InChI=1S/C14H24N2O3/c1-9(2)10(3)15-13(19)16-7-11-5-4-6-14(11,8-16)12(17)18/h9-11H,4-8H2,1-3H3,(H,15,19)(H,17,18)/t10?,11-,14+/m0/s1. The Morgan fingerprint density at radius 2 is 2.05 bits per heavy atom. The van der Waals surface area contributed by atoms with E-state index in [1.807, 2.05) is 6.92 Å². The third kappa shape index (κ3) is 2.42. The Labute approximate surface area is 114 Å². The molecule has 1 saturated carbocycles. The molecule has 1 saturated heterocycles. The Hall–Kier alpha value is -1.26. The highest BCUT2D eigenvalue weighted by Crippen LogP contribution is 2.48. The Bertz CT molecular complexity index is 383. The summed E-state index contributed by atoms with van der Waals surface area (Å²) in [6.07, 6.45) is 2.60. The molecule has 0 aromatic rings. The van der Waals surface area contributed by atoms with Gasteiger partial charge in [-0.1, -0.05) is 20.3 Å². The van der Waals surface area contributed by atoms with Gasteiger partial charge in [0.25, 0.3) is 0 Å². The van der Waals surface area contributed by atoms with Gasteiger partial charge >= 0.3 is 12.0 Å². The first-order chi connectivity index (χ1) is 8.86. The highest BCUT2D eigenvalue weighted by atomic mass is 16.4. The van der Waals surface area contributed by atoms with Gasteiger partial charge in [0.15, 0.2) is 0 Å². The molecule has 108 valence electrons. The fraction of sp³-hybridized carbons (Fsp3) is 0.857. The first-order valence-corrected chi connectivity index (χ1v) is 7.15. The number of fused-ring (bicyclic) bond motifs is 1. The monoisotopic (exact) mass is 268 g/mol. The summed E-state index contributed by atoms with van der Waals surface area (Å²) in [5.74, 6) is -0.230. The molecule has 1 unspecified atom stereocenters. The molecule has 5 nitrogen and oxygen atoms in total. The second-order valence-corrected chi connectivity index (χ2v) is 6.41. The predicted molar refractivity (Wildman–Crippen MR) is 71.8 cm³/mol. The van der Waals surface area contributed by atoms with Crippen molar-refractivity contribution in [1.82, 2.24) is 10.2 Å². The number of carboxylic acid groups (broad SMARTS) is 1. The molecule has 19 heavy (non-hydrogen) atoms. The zero-order chi connectivity index (χ0) is 14.2. The number of nitrogens with zero attached hydrogens (tertiary/aromatic N) is 1. The van der Waals surface area contributed by atoms with Crippen LogP contribution in [-0.4, -0.2) is 41.1 Å².